The molecule has 4 nitrogen and oxygen atoms in total. The smallest absolute Gasteiger partial charge is 0.0795 e. The summed E-state index contributed by atoms with van der Waals surface area (Å²) in [5.74, 6) is 0. The van der Waals surface area contributed by atoms with E-state index in [4.69, 9.17) is 5.73 Å². The van der Waals surface area contributed by atoms with Crippen LogP contribution in [0.25, 0.3) is 0 Å². The van der Waals surface area contributed by atoms with Crippen molar-refractivity contribution < 1.29 is 0 Å². The molecule has 1 unspecified atom stereocenters. The molecular weight excluding hydrogens is 232 g/mol. The maximum absolute atomic E-state index is 5.85. The minimum atomic E-state index is 0.208. The van der Waals surface area contributed by atoms with Crippen LogP contribution in [0.5, 0.6) is 0 Å². The lowest BCUT2D eigenvalue weighted by molar-refractivity contribution is 0.239. The molecule has 0 aliphatic rings. The first kappa shape index (κ1) is 12.2. The van der Waals surface area contributed by atoms with E-state index in [1.807, 2.05) is 17.6 Å². The lowest BCUT2D eigenvalue weighted by Gasteiger charge is -2.26. The first-order chi connectivity index (χ1) is 8.31. The van der Waals surface area contributed by atoms with Gasteiger partial charge in [0.1, 0.15) is 0 Å². The molecule has 2 rings (SSSR count). The molecule has 0 aliphatic carbocycles. The summed E-state index contributed by atoms with van der Waals surface area (Å²) in [6.07, 6.45) is 3.60. The van der Waals surface area contributed by atoms with E-state index in [-0.39, 0.29) is 6.04 Å². The molecule has 0 bridgehead atoms. The van der Waals surface area contributed by atoms with Crippen LogP contribution in [0.15, 0.2) is 35.4 Å². The number of aromatic nitrogens is 2. The van der Waals surface area contributed by atoms with Gasteiger partial charge in [0.2, 0.25) is 0 Å². The fourth-order valence-corrected chi connectivity index (χ4v) is 2.39. The van der Waals surface area contributed by atoms with Crippen molar-refractivity contribution in [1.82, 2.24) is 14.9 Å². The average Bonchev–Trinajstić information content (AvgIpc) is 2.84. The molecule has 17 heavy (non-hydrogen) atoms. The highest BCUT2D eigenvalue weighted by atomic mass is 32.1. The molecule has 2 N–H and O–H groups in total. The number of nitrogens with zero attached hydrogens (tertiary/aromatic N) is 3. The van der Waals surface area contributed by atoms with Gasteiger partial charge in [-0.2, -0.15) is 0 Å². The topological polar surface area (TPSA) is 55.0 Å². The first-order valence-electron chi connectivity index (χ1n) is 5.48. The summed E-state index contributed by atoms with van der Waals surface area (Å²) in [6, 6.07) is 4.23. The Balaban J connectivity index is 2.08. The zero-order chi connectivity index (χ0) is 12.1. The summed E-state index contributed by atoms with van der Waals surface area (Å²) in [6.45, 7) is 1.40. The van der Waals surface area contributed by atoms with E-state index in [2.05, 4.69) is 27.3 Å². The zero-order valence-corrected chi connectivity index (χ0v) is 10.6. The molecule has 0 radical (unpaired) electrons. The number of nitrogens with two attached hydrogens (primary N) is 1. The summed E-state index contributed by atoms with van der Waals surface area (Å²) < 4.78 is 0. The summed E-state index contributed by atoms with van der Waals surface area (Å²) in [7, 11) is 2.07. The Hall–Kier alpha value is -1.30. The van der Waals surface area contributed by atoms with E-state index >= 15 is 0 Å². The minimum absolute atomic E-state index is 0.208. The summed E-state index contributed by atoms with van der Waals surface area (Å²) in [4.78, 5) is 10.5. The fraction of sp³-hybridized carbons (Fsp3) is 0.333. The maximum Gasteiger partial charge on any atom is 0.0795 e. The van der Waals surface area contributed by atoms with Crippen molar-refractivity contribution in [2.45, 2.75) is 12.6 Å². The molecule has 0 fully saturated rings. The molecule has 90 valence electrons. The predicted octanol–water partition coefficient (Wildman–Crippen LogP) is 1.67. The molecule has 2 aromatic heterocycles. The second-order valence-corrected chi connectivity index (χ2v) is 4.65. The Labute approximate surface area is 105 Å². The Morgan fingerprint density at radius 3 is 2.76 bits per heavy atom. The van der Waals surface area contributed by atoms with Crippen molar-refractivity contribution in [2.75, 3.05) is 13.6 Å². The van der Waals surface area contributed by atoms with Gasteiger partial charge in [-0.1, -0.05) is 0 Å². The lowest BCUT2D eigenvalue weighted by atomic mass is 10.1. The van der Waals surface area contributed by atoms with Crippen LogP contribution in [0.4, 0.5) is 0 Å². The van der Waals surface area contributed by atoms with E-state index in [1.54, 1.807) is 23.7 Å². The van der Waals surface area contributed by atoms with Gasteiger partial charge in [-0.3, -0.25) is 9.88 Å². The highest BCUT2D eigenvalue weighted by Gasteiger charge is 2.15. The van der Waals surface area contributed by atoms with E-state index < -0.39 is 0 Å². The Kier molecular flexibility index (Phi) is 4.19. The van der Waals surface area contributed by atoms with E-state index in [0.717, 1.165) is 12.2 Å². The second kappa shape index (κ2) is 5.86. The van der Waals surface area contributed by atoms with Gasteiger partial charge in [0, 0.05) is 36.9 Å². The van der Waals surface area contributed by atoms with E-state index in [1.165, 1.54) is 5.56 Å². The SMILES string of the molecule is CN(Cc1cscn1)C(CN)c1ccncc1. The van der Waals surface area contributed by atoms with Crippen LogP contribution < -0.4 is 5.73 Å². The summed E-state index contributed by atoms with van der Waals surface area (Å²) >= 11 is 1.62. The average molecular weight is 248 g/mol. The third-order valence-corrected chi connectivity index (χ3v) is 3.38. The van der Waals surface area contributed by atoms with Gasteiger partial charge in [0.15, 0.2) is 0 Å². The van der Waals surface area contributed by atoms with Crippen molar-refractivity contribution in [3.63, 3.8) is 0 Å². The molecule has 0 saturated heterocycles. The van der Waals surface area contributed by atoms with Crippen molar-refractivity contribution in [2.24, 2.45) is 5.73 Å². The molecule has 0 amide bonds. The largest absolute Gasteiger partial charge is 0.329 e. The zero-order valence-electron chi connectivity index (χ0n) is 9.78. The molecule has 2 heterocycles. The first-order valence-corrected chi connectivity index (χ1v) is 6.43. The highest BCUT2D eigenvalue weighted by molar-refractivity contribution is 7.07. The molecule has 5 heteroatoms. The number of likely N-dealkylation sites (N-methyl/N-ethyl adjacent to an activating group) is 1. The number of pyridine rings is 1. The van der Waals surface area contributed by atoms with Gasteiger partial charge in [0.05, 0.1) is 11.2 Å². The van der Waals surface area contributed by atoms with Crippen LogP contribution in [0.3, 0.4) is 0 Å². The van der Waals surface area contributed by atoms with E-state index in [9.17, 15) is 0 Å². The van der Waals surface area contributed by atoms with Gasteiger partial charge in [-0.05, 0) is 24.7 Å². The molecule has 0 aliphatic heterocycles. The maximum atomic E-state index is 5.85. The van der Waals surface area contributed by atoms with Crippen LogP contribution in [0.1, 0.15) is 17.3 Å². The molecule has 1 atom stereocenters. The molecule has 0 saturated carbocycles. The van der Waals surface area contributed by atoms with Crippen molar-refractivity contribution in [1.29, 1.82) is 0 Å². The van der Waals surface area contributed by atoms with Gasteiger partial charge >= 0.3 is 0 Å². The third-order valence-electron chi connectivity index (χ3n) is 2.74. The Morgan fingerprint density at radius 2 is 2.18 bits per heavy atom. The van der Waals surface area contributed by atoms with Gasteiger partial charge < -0.3 is 5.73 Å². The van der Waals surface area contributed by atoms with Crippen LogP contribution in [-0.4, -0.2) is 28.5 Å². The van der Waals surface area contributed by atoms with Crippen LogP contribution in [-0.2, 0) is 6.54 Å². The monoisotopic (exact) mass is 248 g/mol. The number of hydrogen-bond donors (Lipinski definition) is 1. The molecular formula is C12H16N4S. The normalized spacial score (nSPS) is 12.9. The highest BCUT2D eigenvalue weighted by Crippen LogP contribution is 2.19. The van der Waals surface area contributed by atoms with Crippen LogP contribution >= 0.6 is 11.3 Å². The van der Waals surface area contributed by atoms with Crippen molar-refractivity contribution >= 4 is 11.3 Å². The number of thiazole rings is 1. The molecule has 0 spiro atoms. The van der Waals surface area contributed by atoms with Crippen molar-refractivity contribution in [3.8, 4) is 0 Å². The Bertz CT molecular complexity index is 429. The van der Waals surface area contributed by atoms with Gasteiger partial charge in [-0.25, -0.2) is 4.98 Å². The standard InChI is InChI=1S/C12H16N4S/c1-16(7-11-8-17-9-15-11)12(6-13)10-2-4-14-5-3-10/h2-5,8-9,12H,6-7,13H2,1H3. The predicted molar refractivity (Wildman–Crippen MR) is 69.6 cm³/mol. The van der Waals surface area contributed by atoms with Crippen molar-refractivity contribution in [3.05, 3.63) is 46.7 Å². The number of hydrogen-bond acceptors (Lipinski definition) is 5. The minimum Gasteiger partial charge on any atom is -0.329 e. The third kappa shape index (κ3) is 3.09. The second-order valence-electron chi connectivity index (χ2n) is 3.93. The summed E-state index contributed by atoms with van der Waals surface area (Å²) in [5, 5.41) is 2.07. The van der Waals surface area contributed by atoms with Crippen LogP contribution in [0, 0.1) is 0 Å². The van der Waals surface area contributed by atoms with Crippen LogP contribution in [0.2, 0.25) is 0 Å². The van der Waals surface area contributed by atoms with Gasteiger partial charge in [0.25, 0.3) is 0 Å². The van der Waals surface area contributed by atoms with Gasteiger partial charge in [-0.15, -0.1) is 11.3 Å². The number of rotatable bonds is 5. The Morgan fingerprint density at radius 1 is 1.41 bits per heavy atom. The summed E-state index contributed by atoms with van der Waals surface area (Å²) in [5.41, 5.74) is 9.99. The quantitative estimate of drug-likeness (QED) is 0.874. The lowest BCUT2D eigenvalue weighted by Crippen LogP contribution is -2.30. The van der Waals surface area contributed by atoms with E-state index in [0.29, 0.717) is 6.54 Å². The molecule has 2 aromatic rings. The molecule has 0 aromatic carbocycles. The fourth-order valence-electron chi connectivity index (χ4n) is 1.84.